The first-order valence-corrected chi connectivity index (χ1v) is 10.6. The van der Waals surface area contributed by atoms with Crippen LogP contribution in [0.2, 0.25) is 5.02 Å². The Hall–Kier alpha value is -1.91. The van der Waals surface area contributed by atoms with Gasteiger partial charge in [-0.1, -0.05) is 23.7 Å². The number of hydrogen-bond donors (Lipinski definition) is 1. The van der Waals surface area contributed by atoms with Gasteiger partial charge in [0.1, 0.15) is 11.3 Å². The second-order valence-corrected chi connectivity index (χ2v) is 10.1. The summed E-state index contributed by atoms with van der Waals surface area (Å²) in [5.41, 5.74) is -1.30. The zero-order valence-electron chi connectivity index (χ0n) is 16.1. The third kappa shape index (κ3) is 4.49. The van der Waals surface area contributed by atoms with E-state index in [0.717, 1.165) is 10.7 Å². The van der Waals surface area contributed by atoms with Gasteiger partial charge < -0.3 is 0 Å². The van der Waals surface area contributed by atoms with Crippen molar-refractivity contribution in [2.24, 2.45) is 4.99 Å². The SMILES string of the molecule is CC1=Nc2cc(C(F)(F)F)nn2C(c2ccc(Cl)cc2)C1S(=O)(=O)NC(C)(C)C. The van der Waals surface area contributed by atoms with E-state index in [1.165, 1.54) is 6.92 Å². The summed E-state index contributed by atoms with van der Waals surface area (Å²) >= 11 is 5.93. The fraction of sp³-hybridized carbons (Fsp3) is 0.444. The molecule has 0 spiro atoms. The van der Waals surface area contributed by atoms with E-state index in [4.69, 9.17) is 11.6 Å². The molecule has 1 aliphatic heterocycles. The van der Waals surface area contributed by atoms with Crippen LogP contribution < -0.4 is 4.72 Å². The number of rotatable bonds is 3. The number of sulfonamides is 1. The molecule has 11 heteroatoms. The van der Waals surface area contributed by atoms with Gasteiger partial charge in [-0.05, 0) is 45.4 Å². The molecule has 0 bridgehead atoms. The molecule has 0 radical (unpaired) electrons. The van der Waals surface area contributed by atoms with Crippen molar-refractivity contribution >= 4 is 33.2 Å². The number of aromatic nitrogens is 2. The highest BCUT2D eigenvalue weighted by Crippen LogP contribution is 2.39. The first-order chi connectivity index (χ1) is 13.2. The lowest BCUT2D eigenvalue weighted by Crippen LogP contribution is -2.51. The highest BCUT2D eigenvalue weighted by atomic mass is 35.5. The molecule has 1 aromatic heterocycles. The predicted molar refractivity (Wildman–Crippen MR) is 105 cm³/mol. The van der Waals surface area contributed by atoms with Crippen LogP contribution in [0.1, 0.15) is 45.0 Å². The second-order valence-electron chi connectivity index (χ2n) is 7.90. The lowest BCUT2D eigenvalue weighted by Gasteiger charge is -2.34. The molecule has 0 fully saturated rings. The van der Waals surface area contributed by atoms with Gasteiger partial charge in [-0.3, -0.25) is 0 Å². The van der Waals surface area contributed by atoms with Crippen molar-refractivity contribution in [1.82, 2.24) is 14.5 Å². The fourth-order valence-electron chi connectivity index (χ4n) is 3.27. The lowest BCUT2D eigenvalue weighted by molar-refractivity contribution is -0.141. The summed E-state index contributed by atoms with van der Waals surface area (Å²) in [6.07, 6.45) is -4.68. The zero-order valence-corrected chi connectivity index (χ0v) is 17.7. The second kappa shape index (κ2) is 7.10. The van der Waals surface area contributed by atoms with E-state index in [1.54, 1.807) is 45.0 Å². The summed E-state index contributed by atoms with van der Waals surface area (Å²) in [5.74, 6) is -0.0583. The van der Waals surface area contributed by atoms with Crippen molar-refractivity contribution in [1.29, 1.82) is 0 Å². The predicted octanol–water partition coefficient (Wildman–Crippen LogP) is 4.34. The molecule has 2 unspecified atom stereocenters. The molecule has 0 aliphatic carbocycles. The Morgan fingerprint density at radius 3 is 2.24 bits per heavy atom. The molecule has 0 amide bonds. The molecule has 1 aliphatic rings. The van der Waals surface area contributed by atoms with Gasteiger partial charge in [-0.15, -0.1) is 0 Å². The number of hydrogen-bond acceptors (Lipinski definition) is 4. The van der Waals surface area contributed by atoms with Gasteiger partial charge in [0, 0.05) is 22.3 Å². The monoisotopic (exact) mass is 448 g/mol. The standard InChI is InChI=1S/C18H20ClF3N4O2S/c1-10-16(29(27,28)25-17(2,3)4)15(11-5-7-12(19)8-6-11)26-14(23-10)9-13(24-26)18(20,21)22/h5-9,15-16,25H,1-4H3. The first-order valence-electron chi connectivity index (χ1n) is 8.69. The summed E-state index contributed by atoms with van der Waals surface area (Å²) in [6.45, 7) is 6.52. The molecule has 1 N–H and O–H groups in total. The number of nitrogens with one attached hydrogen (secondary N) is 1. The van der Waals surface area contributed by atoms with Crippen molar-refractivity contribution in [2.45, 2.75) is 50.7 Å². The van der Waals surface area contributed by atoms with Gasteiger partial charge in [0.2, 0.25) is 10.0 Å². The number of benzene rings is 1. The Morgan fingerprint density at radius 1 is 1.14 bits per heavy atom. The van der Waals surface area contributed by atoms with E-state index in [-0.39, 0.29) is 11.5 Å². The summed E-state index contributed by atoms with van der Waals surface area (Å²) < 4.78 is 69.7. The maximum Gasteiger partial charge on any atom is 0.435 e. The third-order valence-electron chi connectivity index (χ3n) is 4.25. The van der Waals surface area contributed by atoms with Crippen molar-refractivity contribution < 1.29 is 21.6 Å². The number of aliphatic imine (C=N–C) groups is 1. The van der Waals surface area contributed by atoms with E-state index in [1.807, 2.05) is 0 Å². The van der Waals surface area contributed by atoms with Crippen molar-refractivity contribution in [3.63, 3.8) is 0 Å². The number of alkyl halides is 3. The minimum Gasteiger partial charge on any atom is -0.238 e. The maximum absolute atomic E-state index is 13.2. The largest absolute Gasteiger partial charge is 0.435 e. The third-order valence-corrected chi connectivity index (χ3v) is 6.67. The average molecular weight is 449 g/mol. The smallest absolute Gasteiger partial charge is 0.238 e. The summed E-state index contributed by atoms with van der Waals surface area (Å²) in [5, 5.41) is 2.82. The van der Waals surface area contributed by atoms with Crippen LogP contribution in [0.4, 0.5) is 19.0 Å². The average Bonchev–Trinajstić information content (AvgIpc) is 2.95. The summed E-state index contributed by atoms with van der Waals surface area (Å²) in [6, 6.07) is 6.01. The van der Waals surface area contributed by atoms with E-state index >= 15 is 0 Å². The molecular formula is C18H20ClF3N4O2S. The molecule has 1 aromatic carbocycles. The summed E-state index contributed by atoms with van der Waals surface area (Å²) in [7, 11) is -4.02. The van der Waals surface area contributed by atoms with E-state index in [2.05, 4.69) is 14.8 Å². The number of halogens is 4. The van der Waals surface area contributed by atoms with Crippen LogP contribution in [0.15, 0.2) is 35.3 Å². The zero-order chi connectivity index (χ0) is 21.8. The van der Waals surface area contributed by atoms with Crippen LogP contribution in [0.25, 0.3) is 0 Å². The number of fused-ring (bicyclic) bond motifs is 1. The number of nitrogens with zero attached hydrogens (tertiary/aromatic N) is 3. The van der Waals surface area contributed by atoms with Crippen molar-refractivity contribution in [3.8, 4) is 0 Å². The Labute approximate surface area is 171 Å². The Kier molecular flexibility index (Phi) is 5.34. The van der Waals surface area contributed by atoms with Crippen LogP contribution in [0, 0.1) is 0 Å². The van der Waals surface area contributed by atoms with Gasteiger partial charge >= 0.3 is 6.18 Å². The maximum atomic E-state index is 13.2. The quantitative estimate of drug-likeness (QED) is 0.759. The van der Waals surface area contributed by atoms with Crippen LogP contribution >= 0.6 is 11.6 Å². The molecule has 158 valence electrons. The Morgan fingerprint density at radius 2 is 1.72 bits per heavy atom. The molecule has 3 rings (SSSR count). The highest BCUT2D eigenvalue weighted by Gasteiger charge is 2.45. The van der Waals surface area contributed by atoms with Crippen LogP contribution in [0.3, 0.4) is 0 Å². The minimum absolute atomic E-state index is 0.0583. The van der Waals surface area contributed by atoms with Crippen LogP contribution in [0.5, 0.6) is 0 Å². The van der Waals surface area contributed by atoms with Gasteiger partial charge in [-0.2, -0.15) is 18.3 Å². The molecular weight excluding hydrogens is 429 g/mol. The first kappa shape index (κ1) is 21.8. The normalized spacial score (nSPS) is 20.3. The molecule has 0 saturated heterocycles. The molecule has 2 atom stereocenters. The van der Waals surface area contributed by atoms with Crippen molar-refractivity contribution in [2.75, 3.05) is 0 Å². The minimum atomic E-state index is -4.68. The molecule has 2 aromatic rings. The highest BCUT2D eigenvalue weighted by molar-refractivity contribution is 7.91. The lowest BCUT2D eigenvalue weighted by atomic mass is 10.00. The van der Waals surface area contributed by atoms with E-state index < -0.39 is 38.7 Å². The Bertz CT molecular complexity index is 1050. The molecule has 6 nitrogen and oxygen atoms in total. The van der Waals surface area contributed by atoms with E-state index in [9.17, 15) is 21.6 Å². The Balaban J connectivity index is 2.22. The van der Waals surface area contributed by atoms with E-state index in [0.29, 0.717) is 10.6 Å². The molecule has 2 heterocycles. The van der Waals surface area contributed by atoms with Crippen LogP contribution in [-0.2, 0) is 16.2 Å². The van der Waals surface area contributed by atoms with Gasteiger partial charge in [-0.25, -0.2) is 22.8 Å². The van der Waals surface area contributed by atoms with Crippen molar-refractivity contribution in [3.05, 3.63) is 46.6 Å². The van der Waals surface area contributed by atoms with Gasteiger partial charge in [0.25, 0.3) is 0 Å². The van der Waals surface area contributed by atoms with Crippen LogP contribution in [-0.4, -0.2) is 34.7 Å². The molecule has 29 heavy (non-hydrogen) atoms. The van der Waals surface area contributed by atoms with Gasteiger partial charge in [0.05, 0.1) is 0 Å². The topological polar surface area (TPSA) is 76.3 Å². The molecule has 0 saturated carbocycles. The summed E-state index contributed by atoms with van der Waals surface area (Å²) in [4.78, 5) is 4.12. The van der Waals surface area contributed by atoms with Gasteiger partial charge in [0.15, 0.2) is 11.5 Å². The fourth-order valence-corrected chi connectivity index (χ4v) is 5.49.